The van der Waals surface area contributed by atoms with E-state index in [9.17, 15) is 14.4 Å². The Morgan fingerprint density at radius 1 is 1.24 bits per heavy atom. The molecule has 0 unspecified atom stereocenters. The third-order valence-corrected chi connectivity index (χ3v) is 4.00. The second-order valence-corrected chi connectivity index (χ2v) is 6.58. The van der Waals surface area contributed by atoms with Gasteiger partial charge >= 0.3 is 5.97 Å². The Morgan fingerprint density at radius 3 is 2.44 bits per heavy atom. The van der Waals surface area contributed by atoms with E-state index in [0.29, 0.717) is 31.7 Å². The highest BCUT2D eigenvalue weighted by Crippen LogP contribution is 2.22. The second kappa shape index (κ2) is 8.65. The summed E-state index contributed by atoms with van der Waals surface area (Å²) in [6, 6.07) is 6.99. The van der Waals surface area contributed by atoms with E-state index in [1.54, 1.807) is 36.1 Å². The third kappa shape index (κ3) is 5.05. The van der Waals surface area contributed by atoms with E-state index in [1.807, 2.05) is 13.8 Å². The molecule has 1 fully saturated rings. The monoisotopic (exact) mass is 346 g/mol. The molecule has 6 nitrogen and oxygen atoms in total. The zero-order valence-corrected chi connectivity index (χ0v) is 15.2. The van der Waals surface area contributed by atoms with Gasteiger partial charge in [-0.3, -0.25) is 14.4 Å². The number of ether oxygens (including phenoxy) is 1. The van der Waals surface area contributed by atoms with E-state index in [-0.39, 0.29) is 24.3 Å². The van der Waals surface area contributed by atoms with Crippen molar-refractivity contribution in [3.63, 3.8) is 0 Å². The Morgan fingerprint density at radius 2 is 1.92 bits per heavy atom. The van der Waals surface area contributed by atoms with Gasteiger partial charge in [0.15, 0.2) is 0 Å². The summed E-state index contributed by atoms with van der Waals surface area (Å²) in [5, 5.41) is 0. The minimum atomic E-state index is -0.407. The van der Waals surface area contributed by atoms with Crippen molar-refractivity contribution in [3.05, 3.63) is 29.8 Å². The molecule has 0 aromatic heterocycles. The predicted molar refractivity (Wildman–Crippen MR) is 95.4 cm³/mol. The summed E-state index contributed by atoms with van der Waals surface area (Å²) >= 11 is 0. The van der Waals surface area contributed by atoms with Crippen LogP contribution in [0.5, 0.6) is 0 Å². The van der Waals surface area contributed by atoms with E-state index in [1.165, 1.54) is 4.90 Å². The molecular weight excluding hydrogens is 320 g/mol. The first kappa shape index (κ1) is 19.0. The third-order valence-electron chi connectivity index (χ3n) is 4.00. The number of hydrogen-bond acceptors (Lipinski definition) is 4. The fourth-order valence-electron chi connectivity index (χ4n) is 2.91. The second-order valence-electron chi connectivity index (χ2n) is 6.58. The maximum atomic E-state index is 12.8. The van der Waals surface area contributed by atoms with Gasteiger partial charge in [0.05, 0.1) is 6.61 Å². The average molecular weight is 346 g/mol. The van der Waals surface area contributed by atoms with Gasteiger partial charge in [0, 0.05) is 30.8 Å². The molecule has 2 amide bonds. The van der Waals surface area contributed by atoms with E-state index in [0.717, 1.165) is 12.1 Å². The summed E-state index contributed by atoms with van der Waals surface area (Å²) in [5.41, 5.74) is 1.31. The first-order valence-electron chi connectivity index (χ1n) is 8.77. The lowest BCUT2D eigenvalue weighted by atomic mass is 10.1. The number of esters is 1. The maximum Gasteiger partial charge on any atom is 0.325 e. The number of amides is 2. The molecule has 1 saturated heterocycles. The zero-order valence-electron chi connectivity index (χ0n) is 15.2. The Hall–Kier alpha value is -2.37. The molecule has 2 rings (SSSR count). The van der Waals surface area contributed by atoms with Crippen molar-refractivity contribution in [3.8, 4) is 0 Å². The van der Waals surface area contributed by atoms with Gasteiger partial charge in [-0.05, 0) is 43.5 Å². The summed E-state index contributed by atoms with van der Waals surface area (Å²) in [6.07, 6.45) is 1.43. The fraction of sp³-hybridized carbons (Fsp3) is 0.526. The summed E-state index contributed by atoms with van der Waals surface area (Å²) < 4.78 is 4.96. The fourth-order valence-corrected chi connectivity index (χ4v) is 2.91. The van der Waals surface area contributed by atoms with Gasteiger partial charge < -0.3 is 14.5 Å². The maximum absolute atomic E-state index is 12.8. The van der Waals surface area contributed by atoms with Gasteiger partial charge in [0.25, 0.3) is 5.91 Å². The molecule has 1 aromatic rings. The minimum absolute atomic E-state index is 0.0583. The van der Waals surface area contributed by atoms with Crippen molar-refractivity contribution in [2.45, 2.75) is 33.6 Å². The van der Waals surface area contributed by atoms with Crippen molar-refractivity contribution < 1.29 is 19.1 Å². The standard InChI is InChI=1S/C19H26N2O4/c1-4-25-18(23)13-20(12-14(2)3)19(24)15-7-9-16(10-8-15)21-11-5-6-17(21)22/h7-10,14H,4-6,11-13H2,1-3H3. The van der Waals surface area contributed by atoms with Crippen LogP contribution in [-0.4, -0.2) is 48.9 Å². The summed E-state index contributed by atoms with van der Waals surface area (Å²) in [7, 11) is 0. The smallest absolute Gasteiger partial charge is 0.325 e. The Kier molecular flexibility index (Phi) is 6.56. The van der Waals surface area contributed by atoms with Gasteiger partial charge in [-0.25, -0.2) is 0 Å². The molecule has 136 valence electrons. The van der Waals surface area contributed by atoms with Crippen molar-refractivity contribution >= 4 is 23.5 Å². The molecule has 1 aromatic carbocycles. The van der Waals surface area contributed by atoms with Crippen molar-refractivity contribution in [2.75, 3.05) is 31.1 Å². The lowest BCUT2D eigenvalue weighted by molar-refractivity contribution is -0.143. The Labute approximate surface area is 148 Å². The lowest BCUT2D eigenvalue weighted by Crippen LogP contribution is -2.39. The van der Waals surface area contributed by atoms with Crippen molar-refractivity contribution in [1.29, 1.82) is 0 Å². The largest absolute Gasteiger partial charge is 0.465 e. The van der Waals surface area contributed by atoms with Crippen LogP contribution in [0.4, 0.5) is 5.69 Å². The van der Waals surface area contributed by atoms with Crippen LogP contribution in [0.2, 0.25) is 0 Å². The van der Waals surface area contributed by atoms with Crippen LogP contribution in [0.15, 0.2) is 24.3 Å². The molecule has 0 saturated carbocycles. The Balaban J connectivity index is 2.11. The normalized spacial score (nSPS) is 14.1. The molecule has 0 bridgehead atoms. The molecular formula is C19H26N2O4. The van der Waals surface area contributed by atoms with Crippen LogP contribution in [0.3, 0.4) is 0 Å². The van der Waals surface area contributed by atoms with Gasteiger partial charge in [-0.15, -0.1) is 0 Å². The molecule has 0 atom stereocenters. The average Bonchev–Trinajstić information content (AvgIpc) is 2.99. The number of nitrogens with zero attached hydrogens (tertiary/aromatic N) is 2. The number of rotatable bonds is 7. The Bertz CT molecular complexity index is 625. The van der Waals surface area contributed by atoms with Gasteiger partial charge in [-0.2, -0.15) is 0 Å². The minimum Gasteiger partial charge on any atom is -0.465 e. The molecule has 0 radical (unpaired) electrons. The predicted octanol–water partition coefficient (Wildman–Crippen LogP) is 2.47. The van der Waals surface area contributed by atoms with Crippen molar-refractivity contribution in [2.24, 2.45) is 5.92 Å². The van der Waals surface area contributed by atoms with Gasteiger partial charge in [0.2, 0.25) is 5.91 Å². The van der Waals surface area contributed by atoms with Crippen LogP contribution >= 0.6 is 0 Å². The first-order valence-corrected chi connectivity index (χ1v) is 8.77. The van der Waals surface area contributed by atoms with E-state index in [4.69, 9.17) is 4.74 Å². The summed E-state index contributed by atoms with van der Waals surface area (Å²) in [5.74, 6) is -0.264. The zero-order chi connectivity index (χ0) is 18.4. The van der Waals surface area contributed by atoms with Crippen LogP contribution in [0.25, 0.3) is 0 Å². The molecule has 0 spiro atoms. The molecule has 0 aliphatic carbocycles. The molecule has 0 N–H and O–H groups in total. The highest BCUT2D eigenvalue weighted by molar-refractivity contribution is 5.98. The van der Waals surface area contributed by atoms with Crippen LogP contribution in [0.1, 0.15) is 44.0 Å². The number of carbonyl (C=O) groups is 3. The molecule has 6 heteroatoms. The summed E-state index contributed by atoms with van der Waals surface area (Å²) in [4.78, 5) is 39.6. The molecule has 1 aliphatic heterocycles. The topological polar surface area (TPSA) is 66.9 Å². The molecule has 1 heterocycles. The molecule has 1 aliphatic rings. The van der Waals surface area contributed by atoms with Crippen LogP contribution in [-0.2, 0) is 14.3 Å². The van der Waals surface area contributed by atoms with E-state index >= 15 is 0 Å². The van der Waals surface area contributed by atoms with Gasteiger partial charge in [0.1, 0.15) is 6.54 Å². The van der Waals surface area contributed by atoms with Crippen LogP contribution < -0.4 is 4.90 Å². The van der Waals surface area contributed by atoms with E-state index < -0.39 is 5.97 Å². The highest BCUT2D eigenvalue weighted by Gasteiger charge is 2.23. The van der Waals surface area contributed by atoms with E-state index in [2.05, 4.69) is 0 Å². The highest BCUT2D eigenvalue weighted by atomic mass is 16.5. The number of carbonyl (C=O) groups excluding carboxylic acids is 3. The SMILES string of the molecule is CCOC(=O)CN(CC(C)C)C(=O)c1ccc(N2CCCC2=O)cc1. The van der Waals surface area contributed by atoms with Crippen LogP contribution in [0, 0.1) is 5.92 Å². The first-order chi connectivity index (χ1) is 11.9. The summed E-state index contributed by atoms with van der Waals surface area (Å²) in [6.45, 7) is 7.16. The molecule has 25 heavy (non-hydrogen) atoms. The number of anilines is 1. The number of benzene rings is 1. The quantitative estimate of drug-likeness (QED) is 0.712. The lowest BCUT2D eigenvalue weighted by Gasteiger charge is -2.24. The number of hydrogen-bond donors (Lipinski definition) is 0. The van der Waals surface area contributed by atoms with Crippen molar-refractivity contribution in [1.82, 2.24) is 4.90 Å². The van der Waals surface area contributed by atoms with Gasteiger partial charge in [-0.1, -0.05) is 13.8 Å².